The molecular weight excluding hydrogens is 256 g/mol. The molecule has 2 saturated carbocycles. The summed E-state index contributed by atoms with van der Waals surface area (Å²) in [6.45, 7) is 3.58. The molecule has 5 heteroatoms. The number of likely N-dealkylation sites (tertiary alicyclic amines) is 1. The van der Waals surface area contributed by atoms with Gasteiger partial charge in [0.15, 0.2) is 0 Å². The monoisotopic (exact) mass is 280 g/mol. The molecule has 1 heterocycles. The summed E-state index contributed by atoms with van der Waals surface area (Å²) in [6.07, 6.45) is 5.27. The van der Waals surface area contributed by atoms with Gasteiger partial charge in [0, 0.05) is 19.6 Å². The van der Waals surface area contributed by atoms with Gasteiger partial charge in [-0.1, -0.05) is 6.92 Å². The van der Waals surface area contributed by atoms with Crippen molar-refractivity contribution < 1.29 is 14.7 Å². The Balaban J connectivity index is 1.48. The van der Waals surface area contributed by atoms with E-state index in [9.17, 15) is 9.59 Å². The van der Waals surface area contributed by atoms with Gasteiger partial charge in [-0.25, -0.2) is 4.79 Å². The molecule has 3 fully saturated rings. The average molecular weight is 280 g/mol. The van der Waals surface area contributed by atoms with Gasteiger partial charge in [-0.3, -0.25) is 4.79 Å². The summed E-state index contributed by atoms with van der Waals surface area (Å²) in [6, 6.07) is -0.0769. The molecule has 0 aromatic heterocycles. The minimum atomic E-state index is -0.790. The first-order valence-electron chi connectivity index (χ1n) is 7.82. The van der Waals surface area contributed by atoms with Crippen molar-refractivity contribution in [2.24, 2.45) is 29.6 Å². The van der Waals surface area contributed by atoms with E-state index in [0.29, 0.717) is 19.0 Å². The Morgan fingerprint density at radius 2 is 1.80 bits per heavy atom. The molecule has 2 amide bonds. The van der Waals surface area contributed by atoms with Gasteiger partial charge < -0.3 is 15.3 Å². The summed E-state index contributed by atoms with van der Waals surface area (Å²) in [7, 11) is 0. The topological polar surface area (TPSA) is 69.6 Å². The molecule has 2 N–H and O–H groups in total. The maximum absolute atomic E-state index is 12.2. The zero-order chi connectivity index (χ0) is 14.3. The van der Waals surface area contributed by atoms with Crippen molar-refractivity contribution in [3.05, 3.63) is 0 Å². The number of carbonyl (C=O) groups excluding carboxylic acids is 1. The zero-order valence-corrected chi connectivity index (χ0v) is 12.0. The highest BCUT2D eigenvalue weighted by atomic mass is 16.4. The Morgan fingerprint density at radius 3 is 2.25 bits per heavy atom. The minimum absolute atomic E-state index is 0.0425. The van der Waals surface area contributed by atoms with Crippen LogP contribution in [0, 0.1) is 29.6 Å². The highest BCUT2D eigenvalue weighted by Gasteiger charge is 2.42. The van der Waals surface area contributed by atoms with Crippen molar-refractivity contribution in [2.45, 2.75) is 32.6 Å². The number of carboxylic acid groups (broad SMARTS) is 1. The van der Waals surface area contributed by atoms with Crippen molar-refractivity contribution in [2.75, 3.05) is 19.6 Å². The van der Waals surface area contributed by atoms with Gasteiger partial charge in [-0.15, -0.1) is 0 Å². The maximum Gasteiger partial charge on any atom is 0.317 e. The van der Waals surface area contributed by atoms with E-state index in [2.05, 4.69) is 5.32 Å². The second kappa shape index (κ2) is 5.26. The molecule has 112 valence electrons. The minimum Gasteiger partial charge on any atom is -0.481 e. The van der Waals surface area contributed by atoms with Gasteiger partial charge in [0.25, 0.3) is 0 Å². The molecule has 20 heavy (non-hydrogen) atoms. The molecule has 0 bridgehead atoms. The number of nitrogens with zero attached hydrogens (tertiary/aromatic N) is 1. The van der Waals surface area contributed by atoms with Gasteiger partial charge in [0.2, 0.25) is 0 Å². The summed E-state index contributed by atoms with van der Waals surface area (Å²) in [4.78, 5) is 24.9. The van der Waals surface area contributed by atoms with Crippen LogP contribution in [0.5, 0.6) is 0 Å². The summed E-state index contributed by atoms with van der Waals surface area (Å²) in [5.41, 5.74) is 0. The van der Waals surface area contributed by atoms with Crippen LogP contribution >= 0.6 is 0 Å². The normalized spacial score (nSPS) is 29.8. The second-order valence-corrected chi connectivity index (χ2v) is 6.85. The van der Waals surface area contributed by atoms with E-state index >= 15 is 0 Å². The first-order chi connectivity index (χ1) is 9.56. The molecule has 5 nitrogen and oxygen atoms in total. The Kier molecular flexibility index (Phi) is 3.61. The fourth-order valence-electron chi connectivity index (χ4n) is 3.54. The fourth-order valence-corrected chi connectivity index (χ4v) is 3.54. The van der Waals surface area contributed by atoms with Crippen LogP contribution in [0.2, 0.25) is 0 Å². The predicted octanol–water partition coefficient (Wildman–Crippen LogP) is 1.78. The van der Waals surface area contributed by atoms with E-state index in [1.165, 1.54) is 25.7 Å². The van der Waals surface area contributed by atoms with Crippen LogP contribution in [0.3, 0.4) is 0 Å². The van der Waals surface area contributed by atoms with Crippen molar-refractivity contribution in [1.82, 2.24) is 10.2 Å². The van der Waals surface area contributed by atoms with Crippen LogP contribution < -0.4 is 5.32 Å². The third-order valence-corrected chi connectivity index (χ3v) is 5.16. The summed E-state index contributed by atoms with van der Waals surface area (Å²) >= 11 is 0. The molecule has 0 aromatic carbocycles. The van der Waals surface area contributed by atoms with E-state index in [4.69, 9.17) is 5.11 Å². The first-order valence-corrected chi connectivity index (χ1v) is 7.82. The molecule has 0 radical (unpaired) electrons. The molecule has 2 atom stereocenters. The van der Waals surface area contributed by atoms with Gasteiger partial charge in [0.05, 0.1) is 5.92 Å². The third-order valence-electron chi connectivity index (χ3n) is 5.16. The van der Waals surface area contributed by atoms with Crippen molar-refractivity contribution in [3.63, 3.8) is 0 Å². The highest BCUT2D eigenvalue weighted by Crippen LogP contribution is 2.48. The van der Waals surface area contributed by atoms with E-state index in [-0.39, 0.29) is 11.9 Å². The molecule has 1 saturated heterocycles. The zero-order valence-electron chi connectivity index (χ0n) is 12.0. The van der Waals surface area contributed by atoms with E-state index in [1.54, 1.807) is 4.90 Å². The SMILES string of the molecule is C[C@@H]1CN(C(=O)NCC(C2CC2)C2CC2)C[C@H]1C(=O)O. The van der Waals surface area contributed by atoms with Gasteiger partial charge in [-0.2, -0.15) is 0 Å². The number of nitrogens with one attached hydrogen (secondary N) is 1. The molecule has 3 rings (SSSR count). The standard InChI is InChI=1S/C15H24N2O3/c1-9-7-17(8-13(9)14(18)19)15(20)16-6-12(10-2-3-10)11-4-5-11/h9-13H,2-8H2,1H3,(H,16,20)(H,18,19)/t9-,13-/m1/s1. The largest absolute Gasteiger partial charge is 0.481 e. The highest BCUT2D eigenvalue weighted by molar-refractivity contribution is 5.77. The molecule has 0 aromatic rings. The third kappa shape index (κ3) is 2.91. The van der Waals surface area contributed by atoms with Crippen molar-refractivity contribution >= 4 is 12.0 Å². The van der Waals surface area contributed by atoms with E-state index in [1.807, 2.05) is 6.92 Å². The average Bonchev–Trinajstić information content (AvgIpc) is 3.29. The van der Waals surface area contributed by atoms with Gasteiger partial charge in [0.1, 0.15) is 0 Å². The Hall–Kier alpha value is -1.26. The smallest absolute Gasteiger partial charge is 0.317 e. The molecule has 0 unspecified atom stereocenters. The lowest BCUT2D eigenvalue weighted by Crippen LogP contribution is -2.41. The van der Waals surface area contributed by atoms with E-state index < -0.39 is 11.9 Å². The lowest BCUT2D eigenvalue weighted by atomic mass is 9.98. The van der Waals surface area contributed by atoms with Crippen LogP contribution in [-0.4, -0.2) is 41.6 Å². The lowest BCUT2D eigenvalue weighted by Gasteiger charge is -2.21. The molecule has 2 aliphatic carbocycles. The van der Waals surface area contributed by atoms with Crippen LogP contribution in [-0.2, 0) is 4.79 Å². The fraction of sp³-hybridized carbons (Fsp3) is 0.867. The number of rotatable bonds is 5. The Morgan fingerprint density at radius 1 is 1.20 bits per heavy atom. The van der Waals surface area contributed by atoms with Gasteiger partial charge >= 0.3 is 12.0 Å². The lowest BCUT2D eigenvalue weighted by molar-refractivity contribution is -0.142. The number of hydrogen-bond acceptors (Lipinski definition) is 2. The molecule has 3 aliphatic rings. The number of hydrogen-bond donors (Lipinski definition) is 2. The van der Waals surface area contributed by atoms with Crippen LogP contribution in [0.25, 0.3) is 0 Å². The summed E-state index contributed by atoms with van der Waals surface area (Å²) < 4.78 is 0. The first kappa shape index (κ1) is 13.7. The predicted molar refractivity (Wildman–Crippen MR) is 74.2 cm³/mol. The Bertz CT molecular complexity index is 392. The molecular formula is C15H24N2O3. The molecule has 1 aliphatic heterocycles. The molecule has 0 spiro atoms. The van der Waals surface area contributed by atoms with Crippen LogP contribution in [0.4, 0.5) is 4.79 Å². The van der Waals surface area contributed by atoms with E-state index in [0.717, 1.165) is 18.4 Å². The Labute approximate surface area is 119 Å². The summed E-state index contributed by atoms with van der Waals surface area (Å²) in [5, 5.41) is 12.1. The van der Waals surface area contributed by atoms with Crippen molar-refractivity contribution in [3.8, 4) is 0 Å². The number of carboxylic acids is 1. The number of aliphatic carboxylic acids is 1. The van der Waals surface area contributed by atoms with Gasteiger partial charge in [-0.05, 0) is 49.4 Å². The number of urea groups is 1. The maximum atomic E-state index is 12.2. The summed E-state index contributed by atoms with van der Waals surface area (Å²) in [5.74, 6) is 1.15. The van der Waals surface area contributed by atoms with Crippen LogP contribution in [0.15, 0.2) is 0 Å². The number of carbonyl (C=O) groups is 2. The van der Waals surface area contributed by atoms with Crippen molar-refractivity contribution in [1.29, 1.82) is 0 Å². The second-order valence-electron chi connectivity index (χ2n) is 6.85. The number of amides is 2. The van der Waals surface area contributed by atoms with Crippen LogP contribution in [0.1, 0.15) is 32.6 Å². The quantitative estimate of drug-likeness (QED) is 0.806.